The minimum atomic E-state index is -4.47. The van der Waals surface area contributed by atoms with Crippen molar-refractivity contribution in [3.8, 4) is 23.1 Å². The van der Waals surface area contributed by atoms with Gasteiger partial charge in [0.05, 0.1) is 11.6 Å². The maximum Gasteiger partial charge on any atom is 0.425 e. The summed E-state index contributed by atoms with van der Waals surface area (Å²) >= 11 is 0.555. The zero-order valence-corrected chi connectivity index (χ0v) is 16.0. The second kappa shape index (κ2) is 7.17. The largest absolute Gasteiger partial charge is 0.486 e. The number of hydrogen-bond donors (Lipinski definition) is 1. The minimum Gasteiger partial charge on any atom is -0.486 e. The molecule has 4 heterocycles. The van der Waals surface area contributed by atoms with Crippen LogP contribution in [0.5, 0.6) is 11.5 Å². The van der Waals surface area contributed by atoms with Crippen LogP contribution in [0.3, 0.4) is 0 Å². The molecule has 0 atom stereocenters. The predicted octanol–water partition coefficient (Wildman–Crippen LogP) is 4.75. The van der Waals surface area contributed by atoms with Crippen LogP contribution in [0, 0.1) is 0 Å². The van der Waals surface area contributed by atoms with Gasteiger partial charge >= 0.3 is 6.18 Å². The zero-order chi connectivity index (χ0) is 20.7. The highest BCUT2D eigenvalue weighted by Crippen LogP contribution is 2.40. The van der Waals surface area contributed by atoms with Crippen LogP contribution < -0.4 is 14.8 Å². The molecule has 154 valence electrons. The van der Waals surface area contributed by atoms with E-state index in [0.717, 1.165) is 11.6 Å². The maximum absolute atomic E-state index is 13.2. The number of rotatable bonds is 4. The first-order chi connectivity index (χ1) is 14.5. The lowest BCUT2D eigenvalue weighted by molar-refractivity contribution is -0.134. The van der Waals surface area contributed by atoms with Crippen LogP contribution in [0.1, 0.15) is 10.4 Å². The van der Waals surface area contributed by atoms with Crippen LogP contribution in [-0.4, -0.2) is 28.3 Å². The van der Waals surface area contributed by atoms with E-state index in [-0.39, 0.29) is 27.6 Å². The van der Waals surface area contributed by atoms with E-state index >= 15 is 0 Å². The van der Waals surface area contributed by atoms with Gasteiger partial charge in [-0.15, -0.1) is 11.3 Å². The smallest absolute Gasteiger partial charge is 0.425 e. The molecule has 0 radical (unpaired) electrons. The van der Waals surface area contributed by atoms with Gasteiger partial charge in [-0.3, -0.25) is 0 Å². The molecule has 1 N–H and O–H groups in total. The summed E-state index contributed by atoms with van der Waals surface area (Å²) in [5.41, 5.74) is 0.860. The lowest BCUT2D eigenvalue weighted by Crippen LogP contribution is -2.15. The molecule has 0 spiro atoms. The van der Waals surface area contributed by atoms with Crippen LogP contribution in [0.25, 0.3) is 21.8 Å². The number of aromatic nitrogens is 3. The Balaban J connectivity index is 1.51. The molecule has 1 aliphatic heterocycles. The van der Waals surface area contributed by atoms with Gasteiger partial charge in [0.1, 0.15) is 28.7 Å². The van der Waals surface area contributed by atoms with Crippen molar-refractivity contribution in [2.45, 2.75) is 12.7 Å². The normalized spacial score (nSPS) is 13.6. The van der Waals surface area contributed by atoms with Crippen LogP contribution in [-0.2, 0) is 12.7 Å². The molecule has 3 aromatic heterocycles. The van der Waals surface area contributed by atoms with Crippen LogP contribution >= 0.6 is 11.3 Å². The Bertz CT molecular complexity index is 1210. The summed E-state index contributed by atoms with van der Waals surface area (Å²) in [4.78, 5) is 8.05. The third-order valence-electron chi connectivity index (χ3n) is 4.40. The van der Waals surface area contributed by atoms with Gasteiger partial charge in [-0.2, -0.15) is 13.2 Å². The molecule has 1 aliphatic rings. The van der Waals surface area contributed by atoms with Crippen LogP contribution in [0.2, 0.25) is 0 Å². The number of fused-ring (bicyclic) bond motifs is 2. The Morgan fingerprint density at radius 1 is 1.03 bits per heavy atom. The molecule has 0 saturated heterocycles. The number of ether oxygens (including phenoxy) is 2. The van der Waals surface area contributed by atoms with Gasteiger partial charge in [0.15, 0.2) is 11.5 Å². The molecule has 7 nitrogen and oxygen atoms in total. The fraction of sp³-hybridized carbons (Fsp3) is 0.211. The first-order valence-electron chi connectivity index (χ1n) is 8.89. The number of anilines is 1. The van der Waals surface area contributed by atoms with Gasteiger partial charge in [-0.05, 0) is 23.8 Å². The van der Waals surface area contributed by atoms with E-state index < -0.39 is 11.1 Å². The van der Waals surface area contributed by atoms with Gasteiger partial charge < -0.3 is 19.3 Å². The van der Waals surface area contributed by atoms with E-state index in [4.69, 9.17) is 14.0 Å². The van der Waals surface area contributed by atoms with Gasteiger partial charge in [0, 0.05) is 12.6 Å². The summed E-state index contributed by atoms with van der Waals surface area (Å²) in [6, 6.07) is 8.07. The van der Waals surface area contributed by atoms with E-state index in [1.54, 1.807) is 12.1 Å². The number of alkyl halides is 3. The van der Waals surface area contributed by atoms with Crippen molar-refractivity contribution in [2.24, 2.45) is 0 Å². The number of halogens is 3. The molecule has 0 bridgehead atoms. The summed E-state index contributed by atoms with van der Waals surface area (Å²) in [5.74, 6) is 1.98. The van der Waals surface area contributed by atoms with Crippen molar-refractivity contribution in [3.63, 3.8) is 0 Å². The fourth-order valence-corrected chi connectivity index (χ4v) is 3.92. The van der Waals surface area contributed by atoms with Gasteiger partial charge in [-0.25, -0.2) is 9.97 Å². The second-order valence-corrected chi connectivity index (χ2v) is 7.46. The Labute approximate surface area is 171 Å². The molecule has 4 aromatic rings. The van der Waals surface area contributed by atoms with E-state index in [9.17, 15) is 13.2 Å². The van der Waals surface area contributed by atoms with Gasteiger partial charge in [-0.1, -0.05) is 11.2 Å². The van der Waals surface area contributed by atoms with Crippen molar-refractivity contribution < 1.29 is 27.2 Å². The van der Waals surface area contributed by atoms with E-state index in [0.29, 0.717) is 42.6 Å². The monoisotopic (exact) mass is 434 g/mol. The van der Waals surface area contributed by atoms with Crippen LogP contribution in [0.4, 0.5) is 19.0 Å². The highest BCUT2D eigenvalue weighted by Gasteiger charge is 2.34. The number of nitrogens with one attached hydrogen (secondary N) is 1. The first kappa shape index (κ1) is 18.7. The lowest BCUT2D eigenvalue weighted by Gasteiger charge is -2.19. The molecular weight excluding hydrogens is 421 g/mol. The number of hydrogen-bond acceptors (Lipinski definition) is 8. The third kappa shape index (κ3) is 3.52. The number of thiophene rings is 1. The van der Waals surface area contributed by atoms with E-state index in [2.05, 4.69) is 20.4 Å². The van der Waals surface area contributed by atoms with Crippen molar-refractivity contribution in [3.05, 3.63) is 47.0 Å². The second-order valence-electron chi connectivity index (χ2n) is 6.43. The molecule has 0 saturated carbocycles. The van der Waals surface area contributed by atoms with Crippen LogP contribution in [0.15, 0.2) is 41.1 Å². The van der Waals surface area contributed by atoms with Gasteiger partial charge in [0.25, 0.3) is 0 Å². The Kier molecular flexibility index (Phi) is 4.46. The molecular formula is C19H13F3N4O3S. The average molecular weight is 434 g/mol. The minimum absolute atomic E-state index is 0.153. The van der Waals surface area contributed by atoms with Crippen molar-refractivity contribution in [2.75, 3.05) is 18.5 Å². The number of benzene rings is 1. The quantitative estimate of drug-likeness (QED) is 0.496. The first-order valence-corrected chi connectivity index (χ1v) is 9.71. The highest BCUT2D eigenvalue weighted by atomic mass is 32.1. The average Bonchev–Trinajstić information content (AvgIpc) is 3.41. The molecule has 5 rings (SSSR count). The van der Waals surface area contributed by atoms with Crippen molar-refractivity contribution in [1.29, 1.82) is 0 Å². The molecule has 0 unspecified atom stereocenters. The van der Waals surface area contributed by atoms with Crippen molar-refractivity contribution in [1.82, 2.24) is 15.1 Å². The fourth-order valence-electron chi connectivity index (χ4n) is 3.02. The maximum atomic E-state index is 13.2. The molecule has 1 aromatic carbocycles. The summed E-state index contributed by atoms with van der Waals surface area (Å²) in [6.07, 6.45) is -3.05. The Morgan fingerprint density at radius 3 is 2.63 bits per heavy atom. The Morgan fingerprint density at radius 2 is 1.87 bits per heavy atom. The number of nitrogens with zero attached hydrogens (tertiary/aromatic N) is 3. The third-order valence-corrected chi connectivity index (χ3v) is 5.47. The molecule has 0 amide bonds. The zero-order valence-electron chi connectivity index (χ0n) is 15.2. The van der Waals surface area contributed by atoms with E-state index in [1.807, 2.05) is 12.1 Å². The SMILES string of the molecule is FC(F)(F)c1cc2c(NCc3ccc4c(c3)OCCO4)nc(-c3ccno3)nc2s1. The Hall–Kier alpha value is -3.34. The molecule has 30 heavy (non-hydrogen) atoms. The lowest BCUT2D eigenvalue weighted by atomic mass is 10.2. The molecule has 0 fully saturated rings. The summed E-state index contributed by atoms with van der Waals surface area (Å²) in [5, 5.41) is 7.00. The predicted molar refractivity (Wildman–Crippen MR) is 103 cm³/mol. The van der Waals surface area contributed by atoms with Crippen molar-refractivity contribution >= 4 is 27.4 Å². The summed E-state index contributed by atoms with van der Waals surface area (Å²) in [6.45, 7) is 1.27. The van der Waals surface area contributed by atoms with E-state index in [1.165, 1.54) is 6.20 Å². The summed E-state index contributed by atoms with van der Waals surface area (Å²) < 4.78 is 55.8. The molecule has 11 heteroatoms. The topological polar surface area (TPSA) is 82.3 Å². The summed E-state index contributed by atoms with van der Waals surface area (Å²) in [7, 11) is 0. The highest BCUT2D eigenvalue weighted by molar-refractivity contribution is 7.18. The standard InChI is InChI=1S/C19H13F3N4O3S/c20-19(21,22)15-8-11-16(25-17(26-18(11)30-15)13-3-4-24-29-13)23-9-10-1-2-12-14(7-10)28-6-5-27-12/h1-4,7-8H,5-6,9H2,(H,23,25,26). The van der Waals surface area contributed by atoms with Gasteiger partial charge in [0.2, 0.25) is 11.6 Å². The molecule has 0 aliphatic carbocycles.